The van der Waals surface area contributed by atoms with Crippen LogP contribution in [0.5, 0.6) is 0 Å². The number of para-hydroxylation sites is 1. The van der Waals surface area contributed by atoms with E-state index in [0.717, 1.165) is 29.9 Å². The molecule has 0 aliphatic carbocycles. The zero-order chi connectivity index (χ0) is 19.4. The Kier molecular flexibility index (Phi) is 7.92. The fourth-order valence-electron chi connectivity index (χ4n) is 3.02. The number of likely N-dealkylation sites (N-methyl/N-ethyl adjacent to an activating group) is 1. The van der Waals surface area contributed by atoms with E-state index in [1.54, 1.807) is 11.0 Å². The first-order chi connectivity index (χ1) is 13.0. The highest BCUT2D eigenvalue weighted by Crippen LogP contribution is 2.31. The van der Waals surface area contributed by atoms with Gasteiger partial charge in [0.1, 0.15) is 11.3 Å². The molecule has 0 radical (unpaired) electrons. The van der Waals surface area contributed by atoms with Crippen molar-refractivity contribution >= 4 is 45.0 Å². The molecule has 4 nitrogen and oxygen atoms in total. The lowest BCUT2D eigenvalue weighted by atomic mass is 10.1. The minimum atomic E-state index is -0.360. The average Bonchev–Trinajstić information content (AvgIpc) is 3.10. The highest BCUT2D eigenvalue weighted by atomic mass is 35.5. The summed E-state index contributed by atoms with van der Waals surface area (Å²) < 4.78 is 14.8. The van der Waals surface area contributed by atoms with Gasteiger partial charge in [0, 0.05) is 18.7 Å². The summed E-state index contributed by atoms with van der Waals surface area (Å²) in [6, 6.07) is 12.4. The van der Waals surface area contributed by atoms with E-state index in [2.05, 4.69) is 23.7 Å². The fourth-order valence-corrected chi connectivity index (χ4v) is 4.02. The van der Waals surface area contributed by atoms with Crippen LogP contribution in [0.25, 0.3) is 10.2 Å². The molecule has 0 bridgehead atoms. The molecule has 0 unspecified atom stereocenters. The van der Waals surface area contributed by atoms with Gasteiger partial charge in [0.25, 0.3) is 5.91 Å². The van der Waals surface area contributed by atoms with Gasteiger partial charge in [-0.15, -0.1) is 12.4 Å². The van der Waals surface area contributed by atoms with Crippen LogP contribution in [-0.2, 0) is 0 Å². The summed E-state index contributed by atoms with van der Waals surface area (Å²) in [7, 11) is 0. The van der Waals surface area contributed by atoms with E-state index in [9.17, 15) is 9.18 Å². The quantitative estimate of drug-likeness (QED) is 0.529. The molecule has 150 valence electrons. The Balaban J connectivity index is 0.00000280. The Morgan fingerprint density at radius 3 is 2.46 bits per heavy atom. The van der Waals surface area contributed by atoms with Gasteiger partial charge >= 0.3 is 0 Å². The average molecular weight is 422 g/mol. The van der Waals surface area contributed by atoms with Crippen LogP contribution in [0.1, 0.15) is 29.8 Å². The molecule has 3 aromatic rings. The third kappa shape index (κ3) is 4.87. The molecular weight excluding hydrogens is 397 g/mol. The number of fused-ring (bicyclic) bond motifs is 1. The molecule has 0 N–H and O–H groups in total. The van der Waals surface area contributed by atoms with Gasteiger partial charge in [-0.2, -0.15) is 0 Å². The van der Waals surface area contributed by atoms with E-state index in [1.807, 2.05) is 37.3 Å². The van der Waals surface area contributed by atoms with Gasteiger partial charge in [-0.3, -0.25) is 9.69 Å². The van der Waals surface area contributed by atoms with Gasteiger partial charge < -0.3 is 4.90 Å². The molecule has 0 fully saturated rings. The third-order valence-corrected chi connectivity index (χ3v) is 5.68. The Morgan fingerprint density at radius 2 is 1.82 bits per heavy atom. The minimum absolute atomic E-state index is 0. The van der Waals surface area contributed by atoms with E-state index in [1.165, 1.54) is 17.4 Å². The van der Waals surface area contributed by atoms with Gasteiger partial charge in [0.2, 0.25) is 0 Å². The molecule has 0 aliphatic heterocycles. The predicted octanol–water partition coefficient (Wildman–Crippen LogP) is 5.15. The number of nitrogens with zero attached hydrogens (tertiary/aromatic N) is 3. The SMILES string of the molecule is CCN(CC)CCN(C(=O)c1cccc(C)c1)c1nc2c(F)cccc2s1.Cl. The van der Waals surface area contributed by atoms with Gasteiger partial charge in [0.15, 0.2) is 5.13 Å². The number of aryl methyl sites for hydroxylation is 1. The number of thiazole rings is 1. The van der Waals surface area contributed by atoms with Gasteiger partial charge in [0.05, 0.1) is 4.70 Å². The predicted molar refractivity (Wildman–Crippen MR) is 117 cm³/mol. The van der Waals surface area contributed by atoms with Crippen molar-refractivity contribution in [1.29, 1.82) is 0 Å². The van der Waals surface area contributed by atoms with Crippen molar-refractivity contribution in [1.82, 2.24) is 9.88 Å². The lowest BCUT2D eigenvalue weighted by Gasteiger charge is -2.24. The second-order valence-corrected chi connectivity index (χ2v) is 7.45. The maximum absolute atomic E-state index is 14.1. The molecule has 1 amide bonds. The molecule has 2 aromatic carbocycles. The van der Waals surface area contributed by atoms with Crippen LogP contribution >= 0.6 is 23.7 Å². The van der Waals surface area contributed by atoms with Gasteiger partial charge in [-0.25, -0.2) is 9.37 Å². The number of aromatic nitrogens is 1. The lowest BCUT2D eigenvalue weighted by Crippen LogP contribution is -2.38. The summed E-state index contributed by atoms with van der Waals surface area (Å²) >= 11 is 1.35. The van der Waals surface area contributed by atoms with E-state index < -0.39 is 0 Å². The number of benzene rings is 2. The van der Waals surface area contributed by atoms with Crippen molar-refractivity contribution < 1.29 is 9.18 Å². The van der Waals surface area contributed by atoms with Gasteiger partial charge in [-0.05, 0) is 44.3 Å². The topological polar surface area (TPSA) is 36.4 Å². The van der Waals surface area contributed by atoms with E-state index in [0.29, 0.717) is 22.8 Å². The van der Waals surface area contributed by atoms with Crippen LogP contribution in [-0.4, -0.2) is 42.0 Å². The first-order valence-corrected chi connectivity index (χ1v) is 10.0. The number of carbonyl (C=O) groups is 1. The molecule has 7 heteroatoms. The maximum atomic E-state index is 14.1. The van der Waals surface area contributed by atoms with Crippen molar-refractivity contribution in [2.75, 3.05) is 31.1 Å². The Labute approximate surface area is 175 Å². The number of hydrogen-bond acceptors (Lipinski definition) is 4. The summed E-state index contributed by atoms with van der Waals surface area (Å²) in [4.78, 5) is 21.6. The molecule has 1 heterocycles. The number of anilines is 1. The smallest absolute Gasteiger partial charge is 0.260 e. The van der Waals surface area contributed by atoms with Gasteiger partial charge in [-0.1, -0.05) is 48.9 Å². The van der Waals surface area contributed by atoms with Crippen molar-refractivity contribution in [3.63, 3.8) is 0 Å². The summed E-state index contributed by atoms with van der Waals surface area (Å²) in [6.07, 6.45) is 0. The van der Waals surface area contributed by atoms with Crippen molar-refractivity contribution in [3.8, 4) is 0 Å². The van der Waals surface area contributed by atoms with Crippen molar-refractivity contribution in [2.45, 2.75) is 20.8 Å². The fraction of sp³-hybridized carbons (Fsp3) is 0.333. The van der Waals surface area contributed by atoms with Crippen LogP contribution < -0.4 is 4.90 Å². The van der Waals surface area contributed by atoms with E-state index >= 15 is 0 Å². The number of halogens is 2. The first-order valence-electron chi connectivity index (χ1n) is 9.19. The molecule has 0 saturated carbocycles. The van der Waals surface area contributed by atoms with E-state index in [4.69, 9.17) is 0 Å². The summed E-state index contributed by atoms with van der Waals surface area (Å²) in [6.45, 7) is 9.24. The lowest BCUT2D eigenvalue weighted by molar-refractivity contribution is 0.0983. The standard InChI is InChI=1S/C21H24FN3OS.ClH/c1-4-24(5-2)12-13-25(20(26)16-9-6-8-15(3)14-16)21-23-19-17(22)10-7-11-18(19)27-21;/h6-11,14H,4-5,12-13H2,1-3H3;1H. The highest BCUT2D eigenvalue weighted by molar-refractivity contribution is 7.22. The molecule has 3 rings (SSSR count). The maximum Gasteiger partial charge on any atom is 0.260 e. The largest absolute Gasteiger partial charge is 0.302 e. The van der Waals surface area contributed by atoms with Crippen LogP contribution in [0.15, 0.2) is 42.5 Å². The molecule has 0 atom stereocenters. The molecule has 0 saturated heterocycles. The molecule has 28 heavy (non-hydrogen) atoms. The Bertz CT molecular complexity index is 942. The van der Waals surface area contributed by atoms with Crippen LogP contribution in [0.2, 0.25) is 0 Å². The zero-order valence-electron chi connectivity index (χ0n) is 16.3. The third-order valence-electron chi connectivity index (χ3n) is 4.63. The zero-order valence-corrected chi connectivity index (χ0v) is 17.9. The highest BCUT2D eigenvalue weighted by Gasteiger charge is 2.22. The molecule has 1 aromatic heterocycles. The van der Waals surface area contributed by atoms with Crippen LogP contribution in [0, 0.1) is 12.7 Å². The Hall–Kier alpha value is -2.02. The normalized spacial score (nSPS) is 10.9. The number of hydrogen-bond donors (Lipinski definition) is 0. The minimum Gasteiger partial charge on any atom is -0.302 e. The van der Waals surface area contributed by atoms with E-state index in [-0.39, 0.29) is 24.1 Å². The van der Waals surface area contributed by atoms with Crippen molar-refractivity contribution in [3.05, 3.63) is 59.4 Å². The molecule has 0 aliphatic rings. The number of amides is 1. The Morgan fingerprint density at radius 1 is 1.11 bits per heavy atom. The van der Waals surface area contributed by atoms with Crippen molar-refractivity contribution in [2.24, 2.45) is 0 Å². The van der Waals surface area contributed by atoms with Crippen LogP contribution in [0.3, 0.4) is 0 Å². The molecule has 0 spiro atoms. The molecular formula is C21H25ClFN3OS. The number of carbonyl (C=O) groups excluding carboxylic acids is 1. The second kappa shape index (κ2) is 9.96. The second-order valence-electron chi connectivity index (χ2n) is 6.44. The summed E-state index contributed by atoms with van der Waals surface area (Å²) in [5.41, 5.74) is 1.97. The summed E-state index contributed by atoms with van der Waals surface area (Å²) in [5, 5.41) is 0.536. The number of rotatable bonds is 7. The van der Waals surface area contributed by atoms with Crippen LogP contribution in [0.4, 0.5) is 9.52 Å². The monoisotopic (exact) mass is 421 g/mol. The first kappa shape index (κ1) is 22.3. The summed E-state index contributed by atoms with van der Waals surface area (Å²) in [5.74, 6) is -0.466.